The van der Waals surface area contributed by atoms with Gasteiger partial charge in [0.05, 0.1) is 18.3 Å². The van der Waals surface area contributed by atoms with Crippen LogP contribution in [0.2, 0.25) is 0 Å². The van der Waals surface area contributed by atoms with Crippen LogP contribution in [-0.2, 0) is 25.9 Å². The monoisotopic (exact) mass is 597 g/mol. The minimum Gasteiger partial charge on any atom is -0.391 e. The third kappa shape index (κ3) is 4.58. The van der Waals surface area contributed by atoms with E-state index in [2.05, 4.69) is 27.0 Å². The molecule has 2 saturated heterocycles. The Hall–Kier alpha value is -3.10. The molecule has 1 N–H and O–H groups in total. The zero-order chi connectivity index (χ0) is 30.0. The van der Waals surface area contributed by atoms with Gasteiger partial charge in [0.2, 0.25) is 5.92 Å². The minimum absolute atomic E-state index is 0.0577. The van der Waals surface area contributed by atoms with Crippen molar-refractivity contribution in [2.45, 2.75) is 106 Å². The highest BCUT2D eigenvalue weighted by molar-refractivity contribution is 7.86. The third-order valence-electron chi connectivity index (χ3n) is 9.30. The topological polar surface area (TPSA) is 100 Å². The number of benzene rings is 1. The second-order valence-electron chi connectivity index (χ2n) is 13.1. The summed E-state index contributed by atoms with van der Waals surface area (Å²) < 4.78 is 34.5. The minimum atomic E-state index is -2.69. The lowest BCUT2D eigenvalue weighted by Crippen LogP contribution is -2.76. The molecule has 2 amide bonds. The number of β-amino-alcohol motifs (C(OH)–C–C–N with tert-alkyl or cyclic N) is 1. The van der Waals surface area contributed by atoms with Gasteiger partial charge >= 0.3 is 0 Å². The molecule has 4 atom stereocenters. The summed E-state index contributed by atoms with van der Waals surface area (Å²) in [5.41, 5.74) is 1.86. The molecule has 11 heteroatoms. The number of hydrogen-bond acceptors (Lipinski definition) is 6. The van der Waals surface area contributed by atoms with Crippen molar-refractivity contribution < 1.29 is 23.5 Å². The maximum atomic E-state index is 14.6. The van der Waals surface area contributed by atoms with Gasteiger partial charge in [0.1, 0.15) is 6.04 Å². The number of likely N-dealkylation sites (tertiary alicyclic amines) is 1. The van der Waals surface area contributed by atoms with Crippen LogP contribution in [0, 0.1) is 11.5 Å². The molecule has 224 valence electrons. The number of halogens is 2. The number of nitrogens with zero attached hydrogens (tertiary/aromatic N) is 5. The lowest BCUT2D eigenvalue weighted by molar-refractivity contribution is -0.141. The van der Waals surface area contributed by atoms with Crippen molar-refractivity contribution in [1.29, 1.82) is 5.26 Å². The molecule has 6 rings (SSSR count). The fourth-order valence-corrected chi connectivity index (χ4v) is 9.24. The Morgan fingerprint density at radius 3 is 2.52 bits per heavy atom. The van der Waals surface area contributed by atoms with Crippen molar-refractivity contribution in [3.8, 4) is 6.19 Å². The molecule has 1 aromatic rings. The standard InChI is InChI=1S/C31H37F2N5O3S/c1-29(2,3)21-6-8-22(9-7-21)37(27(40)25-17-23(39)18-36(25)19-34)31-13-4-5-20-12-16-35-42(38(26(20)31)28(31)41)24-10-14-30(32,33)15-11-24/h6-9,12,16,23-25,39H,4-5,10-11,13-15,17-18H2,1-3H3. The Morgan fingerprint density at radius 1 is 1.19 bits per heavy atom. The number of carbonyl (C=O) groups excluding carboxylic acids is 2. The second-order valence-corrected chi connectivity index (χ2v) is 14.9. The average Bonchev–Trinajstić information content (AvgIpc) is 3.22. The van der Waals surface area contributed by atoms with Crippen molar-refractivity contribution in [3.05, 3.63) is 53.4 Å². The number of alkyl halides is 2. The molecule has 0 aromatic heterocycles. The molecule has 1 saturated carbocycles. The number of aliphatic hydroxyl groups is 1. The molecule has 0 spiro atoms. The SMILES string of the molecule is CC(C)(C)c1ccc(N(C(=O)C2CC(O)CN2C#N)C23CCCC4=C2N(C3=O)S(C2CCC(F)(F)CC2)=NC=C4)cc1. The number of carbonyl (C=O) groups is 2. The molecule has 2 aliphatic carbocycles. The number of nitriles is 1. The van der Waals surface area contributed by atoms with E-state index in [1.807, 2.05) is 30.3 Å². The van der Waals surface area contributed by atoms with Gasteiger partial charge in [-0.25, -0.2) is 17.4 Å². The normalized spacial score (nSPS) is 30.7. The van der Waals surface area contributed by atoms with Crippen LogP contribution in [0.15, 0.2) is 52.2 Å². The molecule has 3 aliphatic heterocycles. The summed E-state index contributed by atoms with van der Waals surface area (Å²) in [6, 6.07) is 6.75. The van der Waals surface area contributed by atoms with Gasteiger partial charge in [-0.3, -0.25) is 19.4 Å². The Labute approximate surface area is 247 Å². The summed E-state index contributed by atoms with van der Waals surface area (Å²) in [4.78, 5) is 32.0. The van der Waals surface area contributed by atoms with Crippen LogP contribution < -0.4 is 4.90 Å². The molecule has 0 bridgehead atoms. The number of anilines is 1. The Bertz CT molecular complexity index is 1430. The fraction of sp³-hybridized carbons (Fsp3) is 0.581. The molecule has 0 radical (unpaired) electrons. The van der Waals surface area contributed by atoms with E-state index in [1.54, 1.807) is 15.4 Å². The maximum absolute atomic E-state index is 14.6. The molecule has 42 heavy (non-hydrogen) atoms. The predicted octanol–water partition coefficient (Wildman–Crippen LogP) is 5.07. The van der Waals surface area contributed by atoms with Crippen LogP contribution >= 0.6 is 0 Å². The predicted molar refractivity (Wildman–Crippen MR) is 156 cm³/mol. The maximum Gasteiger partial charge on any atom is 0.270 e. The largest absolute Gasteiger partial charge is 0.391 e. The Kier molecular flexibility index (Phi) is 7.09. The van der Waals surface area contributed by atoms with Gasteiger partial charge in [0.15, 0.2) is 11.7 Å². The van der Waals surface area contributed by atoms with Gasteiger partial charge in [-0.1, -0.05) is 32.9 Å². The molecule has 3 heterocycles. The second kappa shape index (κ2) is 10.3. The zero-order valence-electron chi connectivity index (χ0n) is 24.2. The summed E-state index contributed by atoms with van der Waals surface area (Å²) in [7, 11) is -0.963. The Balaban J connectivity index is 1.45. The summed E-state index contributed by atoms with van der Waals surface area (Å²) in [6.45, 7) is 6.36. The average molecular weight is 598 g/mol. The highest BCUT2D eigenvalue weighted by Crippen LogP contribution is 2.54. The summed E-state index contributed by atoms with van der Waals surface area (Å²) in [6.07, 6.45) is 6.83. The molecular formula is C31H37F2N5O3S. The number of aliphatic hydroxyl groups excluding tert-OH is 1. The van der Waals surface area contributed by atoms with Crippen LogP contribution in [0.1, 0.15) is 77.7 Å². The molecular weight excluding hydrogens is 560 g/mol. The third-order valence-corrected chi connectivity index (χ3v) is 11.4. The molecule has 5 aliphatic rings. The quantitative estimate of drug-likeness (QED) is 0.386. The van der Waals surface area contributed by atoms with E-state index in [0.29, 0.717) is 24.9 Å². The van der Waals surface area contributed by atoms with Gasteiger partial charge in [-0.05, 0) is 66.9 Å². The molecule has 1 aromatic carbocycles. The van der Waals surface area contributed by atoms with Gasteiger partial charge in [0, 0.05) is 47.3 Å². The first kappa shape index (κ1) is 29.0. The van der Waals surface area contributed by atoms with E-state index in [4.69, 9.17) is 4.36 Å². The van der Waals surface area contributed by atoms with Gasteiger partial charge in [0.25, 0.3) is 11.8 Å². The lowest BCUT2D eigenvalue weighted by Gasteiger charge is -2.59. The molecule has 4 unspecified atom stereocenters. The van der Waals surface area contributed by atoms with Crippen molar-refractivity contribution in [2.24, 2.45) is 4.36 Å². The number of rotatable bonds is 4. The van der Waals surface area contributed by atoms with Gasteiger partial charge in [-0.2, -0.15) is 5.26 Å². The van der Waals surface area contributed by atoms with Crippen molar-refractivity contribution >= 4 is 28.4 Å². The number of hydrogen-bond donors (Lipinski definition) is 1. The van der Waals surface area contributed by atoms with Crippen LogP contribution in [0.25, 0.3) is 0 Å². The molecule has 8 nitrogen and oxygen atoms in total. The van der Waals surface area contributed by atoms with E-state index in [9.17, 15) is 28.7 Å². The first-order valence-corrected chi connectivity index (χ1v) is 15.9. The van der Waals surface area contributed by atoms with Gasteiger partial charge in [-0.15, -0.1) is 0 Å². The van der Waals surface area contributed by atoms with Crippen LogP contribution in [0.5, 0.6) is 0 Å². The zero-order valence-corrected chi connectivity index (χ0v) is 25.0. The van der Waals surface area contributed by atoms with E-state index >= 15 is 0 Å². The van der Waals surface area contributed by atoms with Crippen molar-refractivity contribution in [3.63, 3.8) is 0 Å². The smallest absolute Gasteiger partial charge is 0.270 e. The van der Waals surface area contributed by atoms with E-state index in [-0.39, 0.29) is 55.2 Å². The fourth-order valence-electron chi connectivity index (χ4n) is 7.06. The number of amides is 2. The van der Waals surface area contributed by atoms with Crippen molar-refractivity contribution in [2.75, 3.05) is 11.4 Å². The van der Waals surface area contributed by atoms with Crippen molar-refractivity contribution in [1.82, 2.24) is 9.21 Å². The number of allylic oxidation sites excluding steroid dienone is 2. The highest BCUT2D eigenvalue weighted by Gasteiger charge is 2.66. The molecule has 3 fully saturated rings. The summed E-state index contributed by atoms with van der Waals surface area (Å²) in [5, 5.41) is 20.0. The van der Waals surface area contributed by atoms with Gasteiger partial charge < -0.3 is 5.11 Å². The first-order valence-electron chi connectivity index (χ1n) is 14.7. The van der Waals surface area contributed by atoms with E-state index < -0.39 is 40.4 Å². The lowest BCUT2D eigenvalue weighted by atomic mass is 9.72. The Morgan fingerprint density at radius 2 is 1.88 bits per heavy atom. The van der Waals surface area contributed by atoms with Crippen LogP contribution in [0.4, 0.5) is 14.5 Å². The summed E-state index contributed by atoms with van der Waals surface area (Å²) in [5.74, 6) is -3.35. The highest BCUT2D eigenvalue weighted by atomic mass is 32.2. The van der Waals surface area contributed by atoms with E-state index in [0.717, 1.165) is 16.8 Å². The first-order chi connectivity index (χ1) is 19.9. The van der Waals surface area contributed by atoms with Crippen LogP contribution in [0.3, 0.4) is 0 Å². The number of β-lactam (4-membered cyclic amide) rings is 1. The summed E-state index contributed by atoms with van der Waals surface area (Å²) >= 11 is 0. The van der Waals surface area contributed by atoms with E-state index in [1.165, 1.54) is 4.90 Å². The van der Waals surface area contributed by atoms with Crippen LogP contribution in [-0.4, -0.2) is 61.5 Å².